The van der Waals surface area contributed by atoms with Crippen molar-refractivity contribution in [3.8, 4) is 16.9 Å². The number of hydrogen-bond donors (Lipinski definition) is 2. The maximum atomic E-state index is 15.5. The number of aryl methyl sites for hydroxylation is 2. The molecule has 1 aliphatic carbocycles. The van der Waals surface area contributed by atoms with Gasteiger partial charge in [-0.2, -0.15) is 4.68 Å². The quantitative estimate of drug-likeness (QED) is 0.152. The van der Waals surface area contributed by atoms with E-state index < -0.39 is 50.8 Å². The molecular weight excluding hydrogens is 759 g/mol. The number of benzene rings is 2. The molecule has 6 aromatic rings. The molecule has 0 aliphatic heterocycles. The normalized spacial score (nSPS) is 14.0. The number of pyridine rings is 2. The molecule has 1 saturated carbocycles. The lowest BCUT2D eigenvalue weighted by Crippen LogP contribution is -2.45. The Kier molecular flexibility index (Phi) is 11.2. The van der Waals surface area contributed by atoms with Crippen molar-refractivity contribution in [2.45, 2.75) is 68.9 Å². The van der Waals surface area contributed by atoms with Crippen molar-refractivity contribution in [3.63, 3.8) is 0 Å². The van der Waals surface area contributed by atoms with Crippen molar-refractivity contribution in [3.05, 3.63) is 125 Å². The summed E-state index contributed by atoms with van der Waals surface area (Å²) < 4.78 is 68.1. The van der Waals surface area contributed by atoms with E-state index in [1.54, 1.807) is 48.5 Å². The Labute approximate surface area is 326 Å². The molecule has 0 spiro atoms. The van der Waals surface area contributed by atoms with Crippen LogP contribution < -0.4 is 15.6 Å². The molecule has 0 unspecified atom stereocenters. The van der Waals surface area contributed by atoms with Crippen LogP contribution in [0, 0.1) is 11.6 Å². The van der Waals surface area contributed by atoms with E-state index in [0.717, 1.165) is 19.3 Å². The van der Waals surface area contributed by atoms with Crippen LogP contribution in [-0.2, 0) is 39.4 Å². The van der Waals surface area contributed by atoms with Crippen LogP contribution in [0.25, 0.3) is 27.8 Å². The summed E-state index contributed by atoms with van der Waals surface area (Å²) in [5.41, 5.74) is 0.606. The molecule has 4 heterocycles. The van der Waals surface area contributed by atoms with Crippen LogP contribution >= 0.6 is 0 Å². The van der Waals surface area contributed by atoms with Gasteiger partial charge in [-0.05, 0) is 67.1 Å². The molecule has 0 bridgehead atoms. The molecule has 1 amide bonds. The molecule has 7 rings (SSSR count). The smallest absolute Gasteiger partial charge is 0.329 e. The number of anilines is 1. The van der Waals surface area contributed by atoms with Crippen LogP contribution in [0.5, 0.6) is 0 Å². The summed E-state index contributed by atoms with van der Waals surface area (Å²) in [5, 5.41) is 2.93. The molecule has 0 radical (unpaired) electrons. The zero-order valence-electron chi connectivity index (χ0n) is 31.0. The number of rotatable bonds is 12. The number of fused-ring (bicyclic) bond motifs is 1. The first-order chi connectivity index (χ1) is 27.4. The van der Waals surface area contributed by atoms with E-state index in [1.807, 2.05) is 11.6 Å². The topological polar surface area (TPSA) is 180 Å². The van der Waals surface area contributed by atoms with E-state index in [2.05, 4.69) is 25.3 Å². The second kappa shape index (κ2) is 16.4. The third-order valence-electron chi connectivity index (χ3n) is 9.83. The van der Waals surface area contributed by atoms with Gasteiger partial charge in [-0.25, -0.2) is 36.9 Å². The molecule has 294 valence electrons. The monoisotopic (exact) mass is 796 g/mol. The number of aromatic nitrogens is 6. The lowest BCUT2D eigenvalue weighted by molar-refractivity contribution is -0.152. The first kappa shape index (κ1) is 38.9. The highest BCUT2D eigenvalue weighted by Gasteiger charge is 2.29. The average Bonchev–Trinajstić information content (AvgIpc) is 3.48. The van der Waals surface area contributed by atoms with Crippen LogP contribution in [0.15, 0.2) is 95.3 Å². The Hall–Kier alpha value is -6.36. The molecule has 2 aromatic carbocycles. The fourth-order valence-corrected chi connectivity index (χ4v) is 7.77. The van der Waals surface area contributed by atoms with Crippen molar-refractivity contribution in [2.75, 3.05) is 4.72 Å². The van der Waals surface area contributed by atoms with Crippen molar-refractivity contribution < 1.29 is 31.5 Å². The van der Waals surface area contributed by atoms with E-state index in [0.29, 0.717) is 70.6 Å². The maximum absolute atomic E-state index is 15.5. The fourth-order valence-electron chi connectivity index (χ4n) is 6.71. The number of amides is 1. The third kappa shape index (κ3) is 8.42. The Bertz CT molecular complexity index is 2610. The largest absolute Gasteiger partial charge is 0.461 e. The molecule has 57 heavy (non-hydrogen) atoms. The Balaban J connectivity index is 1.08. The van der Waals surface area contributed by atoms with E-state index in [4.69, 9.17) is 4.74 Å². The summed E-state index contributed by atoms with van der Waals surface area (Å²) in [6, 6.07) is 10.3. The minimum atomic E-state index is -4.39. The standard InChI is InChI=1S/C40H38F2N8O6S/c1-3-36-44-21-26(22-45-36)25-10-12-28(13-11-25)57(54,55)48-33-19-31(41)30(18-32(33)42)38(51)47-34(40(53)56-27-7-5-4-6-8-27)17-24-9-14-37(46-20-24)50-39(52)29-15-16-43-23-35(29)49(50)2/h9-16,18-23,27,34,48H,3-8,17H2,1-2H3,(H,47,51)/t34-/m0/s1. The van der Waals surface area contributed by atoms with Gasteiger partial charge in [0.25, 0.3) is 21.5 Å². The Morgan fingerprint density at radius 3 is 2.32 bits per heavy atom. The average molecular weight is 797 g/mol. The predicted octanol–water partition coefficient (Wildman–Crippen LogP) is 5.43. The van der Waals surface area contributed by atoms with Gasteiger partial charge in [0.1, 0.15) is 29.6 Å². The van der Waals surface area contributed by atoms with Crippen molar-refractivity contribution in [2.24, 2.45) is 7.05 Å². The van der Waals surface area contributed by atoms with E-state index >= 15 is 8.78 Å². The number of nitrogens with one attached hydrogen (secondary N) is 2. The number of sulfonamides is 1. The first-order valence-electron chi connectivity index (χ1n) is 18.3. The Morgan fingerprint density at radius 2 is 1.65 bits per heavy atom. The van der Waals surface area contributed by atoms with E-state index in [1.165, 1.54) is 41.3 Å². The SMILES string of the molecule is CCc1ncc(-c2ccc(S(=O)(=O)Nc3cc(F)c(C(=O)N[C@@H](Cc4ccc(-n5c(=O)c6ccncc6n5C)nc4)C(=O)OC4CCCCC4)cc3F)cc2)cn1. The minimum absolute atomic E-state index is 0.129. The van der Waals surface area contributed by atoms with Gasteiger partial charge in [-0.3, -0.25) is 24.0 Å². The summed E-state index contributed by atoms with van der Waals surface area (Å²) in [6.45, 7) is 1.92. The zero-order valence-corrected chi connectivity index (χ0v) is 31.8. The van der Waals surface area contributed by atoms with Gasteiger partial charge in [0.2, 0.25) is 0 Å². The number of carbonyl (C=O) groups excluding carboxylic acids is 2. The molecule has 2 N–H and O–H groups in total. The summed E-state index contributed by atoms with van der Waals surface area (Å²) in [5.74, 6) is -3.40. The van der Waals surface area contributed by atoms with Gasteiger partial charge in [0, 0.05) is 56.3 Å². The molecule has 1 aliphatic rings. The predicted molar refractivity (Wildman–Crippen MR) is 206 cm³/mol. The zero-order chi connectivity index (χ0) is 40.3. The highest BCUT2D eigenvalue weighted by Crippen LogP contribution is 2.26. The first-order valence-corrected chi connectivity index (χ1v) is 19.8. The molecule has 1 atom stereocenters. The molecule has 1 fully saturated rings. The molecular formula is C40H38F2N8O6S. The number of esters is 1. The van der Waals surface area contributed by atoms with Gasteiger partial charge in [0.15, 0.2) is 5.82 Å². The summed E-state index contributed by atoms with van der Waals surface area (Å²) in [6.07, 6.45) is 12.0. The number of carbonyl (C=O) groups is 2. The van der Waals surface area contributed by atoms with Gasteiger partial charge >= 0.3 is 5.97 Å². The number of ether oxygens (including phenoxy) is 1. The summed E-state index contributed by atoms with van der Waals surface area (Å²) in [4.78, 5) is 56.9. The van der Waals surface area contributed by atoms with Gasteiger partial charge in [-0.1, -0.05) is 31.5 Å². The van der Waals surface area contributed by atoms with Crippen LogP contribution in [0.4, 0.5) is 14.5 Å². The number of halogens is 2. The van der Waals surface area contributed by atoms with Gasteiger partial charge in [0.05, 0.1) is 33.2 Å². The number of hydrogen-bond acceptors (Lipinski definition) is 10. The van der Waals surface area contributed by atoms with Crippen molar-refractivity contribution in [1.29, 1.82) is 0 Å². The third-order valence-corrected chi connectivity index (χ3v) is 11.2. The highest BCUT2D eigenvalue weighted by molar-refractivity contribution is 7.92. The molecule has 0 saturated heterocycles. The lowest BCUT2D eigenvalue weighted by atomic mass is 9.97. The summed E-state index contributed by atoms with van der Waals surface area (Å²) >= 11 is 0. The Morgan fingerprint density at radius 1 is 0.912 bits per heavy atom. The van der Waals surface area contributed by atoms with Crippen molar-refractivity contribution >= 4 is 38.5 Å². The highest BCUT2D eigenvalue weighted by atomic mass is 32.2. The second-order valence-electron chi connectivity index (χ2n) is 13.7. The van der Waals surface area contributed by atoms with Crippen LogP contribution in [0.1, 0.15) is 60.8 Å². The summed E-state index contributed by atoms with van der Waals surface area (Å²) in [7, 11) is -2.69. The minimum Gasteiger partial charge on any atom is -0.461 e. The van der Waals surface area contributed by atoms with Crippen LogP contribution in [-0.4, -0.2) is 61.7 Å². The molecule has 4 aromatic heterocycles. The van der Waals surface area contributed by atoms with Gasteiger partial charge < -0.3 is 10.1 Å². The van der Waals surface area contributed by atoms with Crippen LogP contribution in [0.2, 0.25) is 0 Å². The van der Waals surface area contributed by atoms with Gasteiger partial charge in [-0.15, -0.1) is 0 Å². The van der Waals surface area contributed by atoms with E-state index in [-0.39, 0.29) is 23.0 Å². The number of nitrogens with zero attached hydrogens (tertiary/aromatic N) is 6. The van der Waals surface area contributed by atoms with E-state index in [9.17, 15) is 22.8 Å². The second-order valence-corrected chi connectivity index (χ2v) is 15.4. The lowest BCUT2D eigenvalue weighted by Gasteiger charge is -2.25. The van der Waals surface area contributed by atoms with Crippen LogP contribution in [0.3, 0.4) is 0 Å². The maximum Gasteiger partial charge on any atom is 0.329 e. The molecule has 17 heteroatoms. The van der Waals surface area contributed by atoms with Crippen molar-refractivity contribution in [1.82, 2.24) is 34.6 Å². The fraction of sp³-hybridized carbons (Fsp3) is 0.275. The molecule has 14 nitrogen and oxygen atoms in total.